The second-order valence-corrected chi connectivity index (χ2v) is 7.18. The smallest absolute Gasteiger partial charge is 0.240 e. The van der Waals surface area contributed by atoms with Crippen molar-refractivity contribution >= 4 is 21.6 Å². The molecule has 7 heteroatoms. The summed E-state index contributed by atoms with van der Waals surface area (Å²) in [5.41, 5.74) is 1.96. The number of hydrogen-bond donors (Lipinski definition) is 2. The Morgan fingerprint density at radius 2 is 1.87 bits per heavy atom. The lowest BCUT2D eigenvalue weighted by atomic mass is 10.0. The average molecular weight is 334 g/mol. The molecule has 0 fully saturated rings. The SMILES string of the molecule is C[C@@H]1C(=O)Nc2ccc(S(=O)(=O)NCc3ccc(F)cc3)cc21. The van der Waals surface area contributed by atoms with Crippen LogP contribution in [-0.4, -0.2) is 14.3 Å². The van der Waals surface area contributed by atoms with Crippen molar-refractivity contribution in [1.82, 2.24) is 4.72 Å². The summed E-state index contributed by atoms with van der Waals surface area (Å²) in [4.78, 5) is 11.7. The topological polar surface area (TPSA) is 75.3 Å². The van der Waals surface area contributed by atoms with Crippen molar-refractivity contribution in [3.05, 3.63) is 59.4 Å². The van der Waals surface area contributed by atoms with Gasteiger partial charge in [-0.15, -0.1) is 0 Å². The molecule has 0 bridgehead atoms. The predicted molar refractivity (Wildman–Crippen MR) is 83.9 cm³/mol. The normalized spacial score (nSPS) is 17.0. The second kappa shape index (κ2) is 5.75. The molecular formula is C16H15FN2O3S. The molecule has 0 saturated heterocycles. The predicted octanol–water partition coefficient (Wildman–Crippen LogP) is 2.36. The second-order valence-electron chi connectivity index (χ2n) is 5.41. The van der Waals surface area contributed by atoms with Gasteiger partial charge in [-0.25, -0.2) is 17.5 Å². The maximum atomic E-state index is 12.8. The van der Waals surface area contributed by atoms with Crippen LogP contribution in [-0.2, 0) is 21.4 Å². The summed E-state index contributed by atoms with van der Waals surface area (Å²) >= 11 is 0. The molecule has 5 nitrogen and oxygen atoms in total. The van der Waals surface area contributed by atoms with Crippen LogP contribution in [0.15, 0.2) is 47.4 Å². The molecule has 0 radical (unpaired) electrons. The Morgan fingerprint density at radius 3 is 2.57 bits per heavy atom. The lowest BCUT2D eigenvalue weighted by Crippen LogP contribution is -2.23. The van der Waals surface area contributed by atoms with Gasteiger partial charge in [-0.2, -0.15) is 0 Å². The van der Waals surface area contributed by atoms with E-state index in [1.807, 2.05) is 0 Å². The number of amides is 1. The summed E-state index contributed by atoms with van der Waals surface area (Å²) in [5, 5.41) is 2.70. The molecule has 0 unspecified atom stereocenters. The number of carbonyl (C=O) groups is 1. The maximum Gasteiger partial charge on any atom is 0.240 e. The summed E-state index contributed by atoms with van der Waals surface area (Å²) in [6, 6.07) is 10.1. The third-order valence-corrected chi connectivity index (χ3v) is 5.23. The minimum absolute atomic E-state index is 0.0619. The molecule has 3 rings (SSSR count). The molecule has 0 spiro atoms. The van der Waals surface area contributed by atoms with E-state index in [2.05, 4.69) is 10.0 Å². The lowest BCUT2D eigenvalue weighted by molar-refractivity contribution is -0.116. The van der Waals surface area contributed by atoms with E-state index in [9.17, 15) is 17.6 Å². The molecule has 0 aliphatic carbocycles. The number of fused-ring (bicyclic) bond motifs is 1. The van der Waals surface area contributed by atoms with Gasteiger partial charge in [-0.3, -0.25) is 4.79 Å². The van der Waals surface area contributed by atoms with Gasteiger partial charge in [-0.1, -0.05) is 12.1 Å². The number of hydrogen-bond acceptors (Lipinski definition) is 3. The highest BCUT2D eigenvalue weighted by Gasteiger charge is 2.28. The van der Waals surface area contributed by atoms with Crippen molar-refractivity contribution in [1.29, 1.82) is 0 Å². The van der Waals surface area contributed by atoms with E-state index in [-0.39, 0.29) is 29.1 Å². The quantitative estimate of drug-likeness (QED) is 0.901. The molecule has 1 amide bonds. The Bertz CT molecular complexity index is 863. The van der Waals surface area contributed by atoms with Gasteiger partial charge in [0.1, 0.15) is 5.82 Å². The van der Waals surface area contributed by atoms with Gasteiger partial charge < -0.3 is 5.32 Å². The number of halogens is 1. The van der Waals surface area contributed by atoms with E-state index in [0.717, 1.165) is 0 Å². The first-order chi connectivity index (χ1) is 10.9. The summed E-state index contributed by atoms with van der Waals surface area (Å²) in [5.74, 6) is -0.896. The Labute approximate surface area is 133 Å². The van der Waals surface area contributed by atoms with Crippen LogP contribution in [0, 0.1) is 5.82 Å². The van der Waals surface area contributed by atoms with Crippen molar-refractivity contribution in [2.45, 2.75) is 24.3 Å². The monoisotopic (exact) mass is 334 g/mol. The molecular weight excluding hydrogens is 319 g/mol. The molecule has 1 heterocycles. The average Bonchev–Trinajstić information content (AvgIpc) is 2.81. The highest BCUT2D eigenvalue weighted by atomic mass is 32.2. The van der Waals surface area contributed by atoms with Gasteiger partial charge >= 0.3 is 0 Å². The number of sulfonamides is 1. The van der Waals surface area contributed by atoms with Gasteiger partial charge in [0.15, 0.2) is 0 Å². The van der Waals surface area contributed by atoms with Crippen molar-refractivity contribution in [2.75, 3.05) is 5.32 Å². The standard InChI is InChI=1S/C16H15FN2O3S/c1-10-14-8-13(6-7-15(14)19-16(10)20)23(21,22)18-9-11-2-4-12(17)5-3-11/h2-8,10,18H,9H2,1H3,(H,19,20)/t10-/m0/s1. The number of rotatable bonds is 4. The minimum Gasteiger partial charge on any atom is -0.325 e. The number of benzene rings is 2. The molecule has 2 aromatic rings. The number of anilines is 1. The zero-order valence-electron chi connectivity index (χ0n) is 12.3. The fourth-order valence-corrected chi connectivity index (χ4v) is 3.48. The first kappa shape index (κ1) is 15.6. The van der Waals surface area contributed by atoms with Crippen LogP contribution in [0.1, 0.15) is 24.0 Å². The number of nitrogens with one attached hydrogen (secondary N) is 2. The number of carbonyl (C=O) groups excluding carboxylic acids is 1. The molecule has 1 aliphatic heterocycles. The molecule has 1 aliphatic rings. The van der Waals surface area contributed by atoms with Gasteiger partial charge in [0.25, 0.3) is 0 Å². The van der Waals surface area contributed by atoms with E-state index >= 15 is 0 Å². The van der Waals surface area contributed by atoms with Crippen molar-refractivity contribution in [3.8, 4) is 0 Å². The van der Waals surface area contributed by atoms with Gasteiger partial charge in [0.2, 0.25) is 15.9 Å². The molecule has 0 aromatic heterocycles. The van der Waals surface area contributed by atoms with E-state index < -0.39 is 10.0 Å². The summed E-state index contributed by atoms with van der Waals surface area (Å²) in [7, 11) is -3.71. The van der Waals surface area contributed by atoms with Gasteiger partial charge in [0, 0.05) is 12.2 Å². The van der Waals surface area contributed by atoms with Crippen LogP contribution >= 0.6 is 0 Å². The van der Waals surface area contributed by atoms with Crippen LogP contribution < -0.4 is 10.0 Å². The van der Waals surface area contributed by atoms with E-state index in [4.69, 9.17) is 0 Å². The minimum atomic E-state index is -3.71. The molecule has 120 valence electrons. The third kappa shape index (κ3) is 3.11. The van der Waals surface area contributed by atoms with Crippen molar-refractivity contribution < 1.29 is 17.6 Å². The van der Waals surface area contributed by atoms with E-state index in [1.165, 1.54) is 36.4 Å². The summed E-state index contributed by atoms with van der Waals surface area (Å²) in [6.45, 7) is 1.79. The highest BCUT2D eigenvalue weighted by molar-refractivity contribution is 7.89. The lowest BCUT2D eigenvalue weighted by Gasteiger charge is -2.09. The Morgan fingerprint density at radius 1 is 1.17 bits per heavy atom. The molecule has 2 N–H and O–H groups in total. The molecule has 23 heavy (non-hydrogen) atoms. The van der Waals surface area contributed by atoms with Crippen LogP contribution in [0.5, 0.6) is 0 Å². The zero-order valence-corrected chi connectivity index (χ0v) is 13.2. The first-order valence-electron chi connectivity index (χ1n) is 7.06. The van der Waals surface area contributed by atoms with E-state index in [0.29, 0.717) is 16.8 Å². The van der Waals surface area contributed by atoms with Gasteiger partial charge in [0.05, 0.1) is 10.8 Å². The Balaban J connectivity index is 1.80. The van der Waals surface area contributed by atoms with Crippen LogP contribution in [0.4, 0.5) is 10.1 Å². The zero-order chi connectivity index (χ0) is 16.6. The molecule has 0 saturated carbocycles. The van der Waals surface area contributed by atoms with Crippen LogP contribution in [0.25, 0.3) is 0 Å². The Hall–Kier alpha value is -2.25. The summed E-state index contributed by atoms with van der Waals surface area (Å²) < 4.78 is 40.1. The van der Waals surface area contributed by atoms with Crippen molar-refractivity contribution in [3.63, 3.8) is 0 Å². The van der Waals surface area contributed by atoms with Crippen LogP contribution in [0.3, 0.4) is 0 Å². The maximum absolute atomic E-state index is 12.8. The third-order valence-electron chi connectivity index (χ3n) is 3.83. The largest absolute Gasteiger partial charge is 0.325 e. The molecule has 1 atom stereocenters. The molecule has 2 aromatic carbocycles. The first-order valence-corrected chi connectivity index (χ1v) is 8.54. The fraction of sp³-hybridized carbons (Fsp3) is 0.188. The summed E-state index contributed by atoms with van der Waals surface area (Å²) in [6.07, 6.45) is 0. The van der Waals surface area contributed by atoms with Crippen LogP contribution in [0.2, 0.25) is 0 Å². The highest BCUT2D eigenvalue weighted by Crippen LogP contribution is 2.33. The van der Waals surface area contributed by atoms with E-state index in [1.54, 1.807) is 13.0 Å². The fourth-order valence-electron chi connectivity index (χ4n) is 2.43. The Kier molecular flexibility index (Phi) is 3.91. The van der Waals surface area contributed by atoms with Crippen molar-refractivity contribution in [2.24, 2.45) is 0 Å². The van der Waals surface area contributed by atoms with Gasteiger partial charge in [-0.05, 0) is 48.4 Å².